The lowest BCUT2D eigenvalue weighted by Gasteiger charge is -2.23. The van der Waals surface area contributed by atoms with E-state index in [1.807, 2.05) is 66.8 Å². The SMILES string of the molecule is Cc1cc(=O)c(C(=O)NCC(c2cccs2)N(C)C)nn1-c1ccccc1. The van der Waals surface area contributed by atoms with Gasteiger partial charge in [0.25, 0.3) is 5.91 Å². The Hall–Kier alpha value is -2.77. The Morgan fingerprint density at radius 2 is 1.96 bits per heavy atom. The number of likely N-dealkylation sites (N-methyl/N-ethyl adjacent to an activating group) is 1. The third-order valence-electron chi connectivity index (χ3n) is 4.27. The number of carbonyl (C=O) groups is 1. The average molecular weight is 382 g/mol. The van der Waals surface area contributed by atoms with Crippen LogP contribution in [-0.4, -0.2) is 41.2 Å². The average Bonchev–Trinajstić information content (AvgIpc) is 3.16. The number of benzene rings is 1. The minimum absolute atomic E-state index is 0.0377. The number of para-hydroxylation sites is 1. The van der Waals surface area contributed by atoms with Crippen molar-refractivity contribution in [3.8, 4) is 5.69 Å². The minimum Gasteiger partial charge on any atom is -0.349 e. The second-order valence-electron chi connectivity index (χ2n) is 6.45. The highest BCUT2D eigenvalue weighted by molar-refractivity contribution is 7.10. The lowest BCUT2D eigenvalue weighted by atomic mass is 10.2. The van der Waals surface area contributed by atoms with Crippen LogP contribution in [-0.2, 0) is 0 Å². The number of aromatic nitrogens is 2. The van der Waals surface area contributed by atoms with Crippen LogP contribution in [0.2, 0.25) is 0 Å². The van der Waals surface area contributed by atoms with Crippen LogP contribution in [0, 0.1) is 6.92 Å². The summed E-state index contributed by atoms with van der Waals surface area (Å²) in [4.78, 5) is 28.2. The molecule has 2 aromatic heterocycles. The number of carbonyl (C=O) groups excluding carboxylic acids is 1. The molecule has 0 aliphatic rings. The molecular formula is C20H22N4O2S. The molecule has 0 aliphatic carbocycles. The van der Waals surface area contributed by atoms with Gasteiger partial charge in [0.2, 0.25) is 5.43 Å². The zero-order chi connectivity index (χ0) is 19.4. The van der Waals surface area contributed by atoms with E-state index < -0.39 is 5.91 Å². The molecule has 3 rings (SSSR count). The van der Waals surface area contributed by atoms with E-state index in [0.29, 0.717) is 12.2 Å². The van der Waals surface area contributed by atoms with E-state index in [9.17, 15) is 9.59 Å². The molecule has 0 saturated carbocycles. The Morgan fingerprint density at radius 1 is 1.22 bits per heavy atom. The molecular weight excluding hydrogens is 360 g/mol. The molecule has 0 radical (unpaired) electrons. The van der Waals surface area contributed by atoms with Gasteiger partial charge in [-0.2, -0.15) is 5.10 Å². The Kier molecular flexibility index (Phi) is 5.83. The van der Waals surface area contributed by atoms with Crippen molar-refractivity contribution in [1.29, 1.82) is 0 Å². The molecule has 0 bridgehead atoms. The maximum absolute atomic E-state index is 12.7. The summed E-state index contributed by atoms with van der Waals surface area (Å²) in [6.45, 7) is 2.19. The molecule has 27 heavy (non-hydrogen) atoms. The van der Waals surface area contributed by atoms with Crippen molar-refractivity contribution in [2.75, 3.05) is 20.6 Å². The monoisotopic (exact) mass is 382 g/mol. The van der Waals surface area contributed by atoms with E-state index in [1.54, 1.807) is 22.9 Å². The summed E-state index contributed by atoms with van der Waals surface area (Å²) in [7, 11) is 3.92. The molecule has 2 heterocycles. The van der Waals surface area contributed by atoms with Crippen LogP contribution >= 0.6 is 11.3 Å². The molecule has 0 fully saturated rings. The van der Waals surface area contributed by atoms with Crippen molar-refractivity contribution in [3.63, 3.8) is 0 Å². The summed E-state index contributed by atoms with van der Waals surface area (Å²) < 4.78 is 1.61. The highest BCUT2D eigenvalue weighted by Crippen LogP contribution is 2.22. The van der Waals surface area contributed by atoms with Crippen LogP contribution in [0.15, 0.2) is 58.7 Å². The van der Waals surface area contributed by atoms with E-state index in [0.717, 1.165) is 10.6 Å². The smallest absolute Gasteiger partial charge is 0.275 e. The van der Waals surface area contributed by atoms with Gasteiger partial charge in [-0.05, 0) is 44.6 Å². The quantitative estimate of drug-likeness (QED) is 0.712. The zero-order valence-corrected chi connectivity index (χ0v) is 16.4. The molecule has 6 nitrogen and oxygen atoms in total. The molecule has 1 aromatic carbocycles. The molecule has 0 spiro atoms. The van der Waals surface area contributed by atoms with Gasteiger partial charge in [-0.25, -0.2) is 4.68 Å². The topological polar surface area (TPSA) is 67.2 Å². The van der Waals surface area contributed by atoms with Crippen molar-refractivity contribution < 1.29 is 4.79 Å². The third kappa shape index (κ3) is 4.32. The van der Waals surface area contributed by atoms with Crippen molar-refractivity contribution in [3.05, 3.63) is 80.4 Å². The summed E-state index contributed by atoms with van der Waals surface area (Å²) in [6, 6.07) is 14.9. The van der Waals surface area contributed by atoms with Crippen LogP contribution in [0.25, 0.3) is 5.69 Å². The fraction of sp³-hybridized carbons (Fsp3) is 0.250. The number of hydrogen-bond acceptors (Lipinski definition) is 5. The summed E-state index contributed by atoms with van der Waals surface area (Å²) in [5.41, 5.74) is 0.990. The van der Waals surface area contributed by atoms with Crippen LogP contribution in [0.3, 0.4) is 0 Å². The van der Waals surface area contributed by atoms with Crippen molar-refractivity contribution in [2.24, 2.45) is 0 Å². The van der Waals surface area contributed by atoms with Gasteiger partial charge in [-0.3, -0.25) is 9.59 Å². The first-order valence-corrected chi connectivity index (χ1v) is 9.50. The molecule has 140 valence electrons. The molecule has 3 aromatic rings. The highest BCUT2D eigenvalue weighted by Gasteiger charge is 2.19. The minimum atomic E-state index is -0.465. The summed E-state index contributed by atoms with van der Waals surface area (Å²) in [5.74, 6) is -0.465. The number of nitrogens with one attached hydrogen (secondary N) is 1. The van der Waals surface area contributed by atoms with Gasteiger partial charge in [0.05, 0.1) is 11.7 Å². The molecule has 1 N–H and O–H groups in total. The molecule has 1 atom stereocenters. The van der Waals surface area contributed by atoms with E-state index in [1.165, 1.54) is 6.07 Å². The van der Waals surface area contributed by atoms with E-state index >= 15 is 0 Å². The Balaban J connectivity index is 1.83. The second-order valence-corrected chi connectivity index (χ2v) is 7.43. The largest absolute Gasteiger partial charge is 0.349 e. The van der Waals surface area contributed by atoms with Crippen LogP contribution in [0.5, 0.6) is 0 Å². The lowest BCUT2D eigenvalue weighted by molar-refractivity contribution is 0.0934. The molecule has 1 amide bonds. The molecule has 7 heteroatoms. The van der Waals surface area contributed by atoms with Crippen LogP contribution < -0.4 is 10.7 Å². The van der Waals surface area contributed by atoms with E-state index in [2.05, 4.69) is 10.4 Å². The summed E-state index contributed by atoms with van der Waals surface area (Å²) in [5, 5.41) is 9.17. The van der Waals surface area contributed by atoms with Gasteiger partial charge in [-0.15, -0.1) is 11.3 Å². The predicted octanol–water partition coefficient (Wildman–Crippen LogP) is 2.64. The number of hydrogen-bond donors (Lipinski definition) is 1. The first-order chi connectivity index (χ1) is 13.0. The second kappa shape index (κ2) is 8.28. The van der Waals surface area contributed by atoms with Crippen molar-refractivity contribution in [1.82, 2.24) is 20.0 Å². The first-order valence-electron chi connectivity index (χ1n) is 8.62. The van der Waals surface area contributed by atoms with Crippen molar-refractivity contribution >= 4 is 17.2 Å². The third-order valence-corrected chi connectivity index (χ3v) is 5.25. The number of rotatable bonds is 6. The summed E-state index contributed by atoms with van der Waals surface area (Å²) >= 11 is 1.64. The van der Waals surface area contributed by atoms with Gasteiger partial charge < -0.3 is 10.2 Å². The molecule has 1 unspecified atom stereocenters. The van der Waals surface area contributed by atoms with Gasteiger partial charge in [0, 0.05) is 23.2 Å². The van der Waals surface area contributed by atoms with Crippen LogP contribution in [0.1, 0.15) is 27.1 Å². The zero-order valence-electron chi connectivity index (χ0n) is 15.5. The summed E-state index contributed by atoms with van der Waals surface area (Å²) in [6.07, 6.45) is 0. The standard InChI is InChI=1S/C20H22N4O2S/c1-14-12-17(25)19(22-24(14)15-8-5-4-6-9-15)20(26)21-13-16(23(2)3)18-10-7-11-27-18/h4-12,16H,13H2,1-3H3,(H,21,26). The van der Waals surface area contributed by atoms with Gasteiger partial charge in [0.1, 0.15) is 0 Å². The number of aryl methyl sites for hydroxylation is 1. The number of thiophene rings is 1. The van der Waals surface area contributed by atoms with Crippen molar-refractivity contribution in [2.45, 2.75) is 13.0 Å². The van der Waals surface area contributed by atoms with E-state index in [-0.39, 0.29) is 17.2 Å². The van der Waals surface area contributed by atoms with Crippen LogP contribution in [0.4, 0.5) is 0 Å². The van der Waals surface area contributed by atoms with E-state index in [4.69, 9.17) is 0 Å². The fourth-order valence-corrected chi connectivity index (χ4v) is 3.75. The maximum atomic E-state index is 12.7. The number of amides is 1. The van der Waals surface area contributed by atoms with Gasteiger partial charge in [-0.1, -0.05) is 24.3 Å². The normalized spacial score (nSPS) is 12.1. The molecule has 0 saturated heterocycles. The van der Waals surface area contributed by atoms with Gasteiger partial charge >= 0.3 is 0 Å². The fourth-order valence-electron chi connectivity index (χ4n) is 2.83. The Labute approximate surface area is 162 Å². The lowest BCUT2D eigenvalue weighted by Crippen LogP contribution is -2.37. The Morgan fingerprint density at radius 3 is 2.59 bits per heavy atom. The first kappa shape index (κ1) is 19.0. The highest BCUT2D eigenvalue weighted by atomic mass is 32.1. The molecule has 0 aliphatic heterocycles. The maximum Gasteiger partial charge on any atom is 0.275 e. The number of nitrogens with zero attached hydrogens (tertiary/aromatic N) is 3. The van der Waals surface area contributed by atoms with Gasteiger partial charge in [0.15, 0.2) is 5.69 Å². The predicted molar refractivity (Wildman–Crippen MR) is 108 cm³/mol. The Bertz CT molecular complexity index is 965.